The second-order valence-electron chi connectivity index (χ2n) is 6.08. The number of nitrogens with one attached hydrogen (secondary N) is 1. The molecule has 0 aliphatic carbocycles. The van der Waals surface area contributed by atoms with E-state index in [4.69, 9.17) is 9.47 Å². The molecular weight excluding hydrogens is 337 g/mol. The van der Waals surface area contributed by atoms with Crippen LogP contribution in [0.2, 0.25) is 0 Å². The highest BCUT2D eigenvalue weighted by molar-refractivity contribution is 5.83. The lowest BCUT2D eigenvalue weighted by molar-refractivity contribution is -0.0355. The zero-order valence-electron chi connectivity index (χ0n) is 14.2. The van der Waals surface area contributed by atoms with Gasteiger partial charge in [0.2, 0.25) is 0 Å². The van der Waals surface area contributed by atoms with Gasteiger partial charge in [-0.3, -0.25) is 9.88 Å². The molecule has 1 unspecified atom stereocenters. The first-order chi connectivity index (χ1) is 11.7. The lowest BCUT2D eigenvalue weighted by Gasteiger charge is -2.17. The predicted molar refractivity (Wildman–Crippen MR) is 84.5 cm³/mol. The van der Waals surface area contributed by atoms with Crippen molar-refractivity contribution in [3.8, 4) is 0 Å². The van der Waals surface area contributed by atoms with Gasteiger partial charge in [-0.25, -0.2) is 14.0 Å². The number of hydrogen-bond donors (Lipinski definition) is 3. The smallest absolute Gasteiger partial charge is 0.412 e. The molecule has 1 aliphatic heterocycles. The highest BCUT2D eigenvalue weighted by Crippen LogP contribution is 2.28. The van der Waals surface area contributed by atoms with Crippen LogP contribution in [0.1, 0.15) is 33.4 Å². The molecule has 1 amide bonds. The molecule has 5 atom stereocenters. The molecule has 0 spiro atoms. The van der Waals surface area contributed by atoms with Crippen LogP contribution in [-0.2, 0) is 9.47 Å². The van der Waals surface area contributed by atoms with Crippen molar-refractivity contribution >= 4 is 11.9 Å². The molecule has 1 aromatic rings. The van der Waals surface area contributed by atoms with Crippen LogP contribution in [0.15, 0.2) is 11.0 Å². The van der Waals surface area contributed by atoms with Crippen LogP contribution >= 0.6 is 0 Å². The van der Waals surface area contributed by atoms with E-state index in [1.165, 1.54) is 6.92 Å². The first-order valence-electron chi connectivity index (χ1n) is 7.98. The molecule has 2 rings (SSSR count). The summed E-state index contributed by atoms with van der Waals surface area (Å²) in [7, 11) is 0. The monoisotopic (exact) mass is 359 g/mol. The molecule has 9 nitrogen and oxygen atoms in total. The number of nitrogens with zero attached hydrogens (tertiary/aromatic N) is 2. The van der Waals surface area contributed by atoms with Gasteiger partial charge < -0.3 is 19.7 Å². The number of rotatable bonds is 5. The van der Waals surface area contributed by atoms with Crippen molar-refractivity contribution in [2.75, 3.05) is 11.9 Å². The van der Waals surface area contributed by atoms with Crippen LogP contribution < -0.4 is 11.0 Å². The molecule has 0 bridgehead atoms. The Bertz CT molecular complexity index is 682. The summed E-state index contributed by atoms with van der Waals surface area (Å²) in [5.74, 6) is -1.45. The van der Waals surface area contributed by atoms with Crippen LogP contribution in [0, 0.1) is 11.7 Å². The summed E-state index contributed by atoms with van der Waals surface area (Å²) in [6.07, 6.45) is -4.00. The molecule has 140 valence electrons. The summed E-state index contributed by atoms with van der Waals surface area (Å²) in [6, 6.07) is 0. The van der Waals surface area contributed by atoms with Gasteiger partial charge in [0, 0.05) is 0 Å². The minimum Gasteiger partial charge on any atom is -0.449 e. The average molecular weight is 359 g/mol. The number of aromatic nitrogens is 2. The summed E-state index contributed by atoms with van der Waals surface area (Å²) in [5.41, 5.74) is -0.955. The molecule has 0 radical (unpaired) electrons. The maximum atomic E-state index is 14.1. The Morgan fingerprint density at radius 3 is 2.76 bits per heavy atom. The van der Waals surface area contributed by atoms with Gasteiger partial charge in [0.15, 0.2) is 17.9 Å². The van der Waals surface area contributed by atoms with E-state index in [1.807, 2.05) is 13.8 Å². The number of carbonyl (C=O) groups excluding carboxylic acids is 1. The Balaban J connectivity index is 2.12. The molecule has 1 fully saturated rings. The number of hydrogen-bond acceptors (Lipinski definition) is 7. The topological polar surface area (TPSA) is 123 Å². The Hall–Kier alpha value is -2.04. The quantitative estimate of drug-likeness (QED) is 0.704. The summed E-state index contributed by atoms with van der Waals surface area (Å²) in [6.45, 7) is 5.48. The van der Waals surface area contributed by atoms with Gasteiger partial charge in [-0.1, -0.05) is 20.3 Å². The fourth-order valence-electron chi connectivity index (χ4n) is 2.24. The number of ether oxygens (including phenoxy) is 2. The zero-order valence-corrected chi connectivity index (χ0v) is 14.2. The standard InChI is InChI=1S/C15H22FN3O6/c1-4-7(2)6-24-15(23)18-12-9(16)5-19(14(22)17-12)13-11(21)10(20)8(3)25-13/h5,7-8,10-11,13,20-21H,4,6H2,1-3H3,(H,17,18,22,23)/t7?,8-,10-,11-,13-/m1/s1. The van der Waals surface area contributed by atoms with E-state index in [2.05, 4.69) is 10.3 Å². The van der Waals surface area contributed by atoms with Crippen molar-refractivity contribution < 1.29 is 28.9 Å². The minimum absolute atomic E-state index is 0.144. The van der Waals surface area contributed by atoms with E-state index in [9.17, 15) is 24.2 Å². The Morgan fingerprint density at radius 2 is 2.20 bits per heavy atom. The average Bonchev–Trinajstić information content (AvgIpc) is 2.83. The Labute approximate surface area is 143 Å². The van der Waals surface area contributed by atoms with Gasteiger partial charge in [0.1, 0.15) is 12.2 Å². The van der Waals surface area contributed by atoms with Gasteiger partial charge in [-0.2, -0.15) is 4.98 Å². The third-order valence-electron chi connectivity index (χ3n) is 4.07. The molecule has 1 aromatic heterocycles. The van der Waals surface area contributed by atoms with Gasteiger partial charge in [-0.05, 0) is 12.8 Å². The first-order valence-corrected chi connectivity index (χ1v) is 7.98. The van der Waals surface area contributed by atoms with Crippen molar-refractivity contribution in [1.82, 2.24) is 9.55 Å². The van der Waals surface area contributed by atoms with Crippen LogP contribution in [0.5, 0.6) is 0 Å². The third-order valence-corrected chi connectivity index (χ3v) is 4.07. The molecule has 25 heavy (non-hydrogen) atoms. The summed E-state index contributed by atoms with van der Waals surface area (Å²) in [4.78, 5) is 27.1. The number of aliphatic hydroxyl groups excluding tert-OH is 2. The van der Waals surface area contributed by atoms with Crippen molar-refractivity contribution in [2.45, 2.75) is 51.7 Å². The van der Waals surface area contributed by atoms with E-state index in [-0.39, 0.29) is 12.5 Å². The third kappa shape index (κ3) is 4.33. The molecule has 10 heteroatoms. The molecule has 2 heterocycles. The SMILES string of the molecule is CCC(C)COC(=O)Nc1nc(=O)n([C@@H]2O[C@H](C)[C@@H](O)[C@H]2O)cc1F. The Morgan fingerprint density at radius 1 is 1.52 bits per heavy atom. The van der Waals surface area contributed by atoms with E-state index in [0.29, 0.717) is 0 Å². The largest absolute Gasteiger partial charge is 0.449 e. The molecule has 0 aromatic carbocycles. The first kappa shape index (κ1) is 19.3. The second kappa shape index (κ2) is 7.89. The van der Waals surface area contributed by atoms with E-state index in [1.54, 1.807) is 0 Å². The lowest BCUT2D eigenvalue weighted by Crippen LogP contribution is -2.36. The van der Waals surface area contributed by atoms with Crippen molar-refractivity contribution in [3.63, 3.8) is 0 Å². The van der Waals surface area contributed by atoms with Crippen LogP contribution in [-0.4, -0.2) is 50.8 Å². The van der Waals surface area contributed by atoms with E-state index >= 15 is 0 Å². The molecule has 0 saturated carbocycles. The Kier molecular flexibility index (Phi) is 6.09. The number of anilines is 1. The van der Waals surface area contributed by atoms with Gasteiger partial charge in [-0.15, -0.1) is 0 Å². The summed E-state index contributed by atoms with van der Waals surface area (Å²) >= 11 is 0. The minimum atomic E-state index is -1.41. The predicted octanol–water partition coefficient (Wildman–Crippen LogP) is 0.616. The number of aliphatic hydroxyl groups is 2. The van der Waals surface area contributed by atoms with Gasteiger partial charge in [0.05, 0.1) is 18.9 Å². The van der Waals surface area contributed by atoms with Crippen molar-refractivity contribution in [2.24, 2.45) is 5.92 Å². The van der Waals surface area contributed by atoms with Gasteiger partial charge in [0.25, 0.3) is 0 Å². The molecular formula is C15H22FN3O6. The van der Waals surface area contributed by atoms with E-state index < -0.39 is 48.0 Å². The maximum absolute atomic E-state index is 14.1. The number of amides is 1. The van der Waals surface area contributed by atoms with Gasteiger partial charge >= 0.3 is 11.8 Å². The normalized spacial score (nSPS) is 27.1. The second-order valence-corrected chi connectivity index (χ2v) is 6.08. The molecule has 1 aliphatic rings. The summed E-state index contributed by atoms with van der Waals surface area (Å²) < 4.78 is 25.0. The lowest BCUT2D eigenvalue weighted by atomic mass is 10.1. The van der Waals surface area contributed by atoms with Crippen LogP contribution in [0.4, 0.5) is 15.0 Å². The summed E-state index contributed by atoms with van der Waals surface area (Å²) in [5, 5.41) is 21.6. The van der Waals surface area contributed by atoms with E-state index in [0.717, 1.165) is 17.2 Å². The fraction of sp³-hybridized carbons (Fsp3) is 0.667. The number of halogens is 1. The highest BCUT2D eigenvalue weighted by Gasteiger charge is 2.42. The number of carbonyl (C=O) groups is 1. The van der Waals surface area contributed by atoms with Crippen molar-refractivity contribution in [1.29, 1.82) is 0 Å². The zero-order chi connectivity index (χ0) is 18.7. The highest BCUT2D eigenvalue weighted by atomic mass is 19.1. The molecule has 3 N–H and O–H groups in total. The molecule has 1 saturated heterocycles. The fourth-order valence-corrected chi connectivity index (χ4v) is 2.24. The van der Waals surface area contributed by atoms with Crippen molar-refractivity contribution in [3.05, 3.63) is 22.5 Å². The van der Waals surface area contributed by atoms with Crippen LogP contribution in [0.25, 0.3) is 0 Å². The van der Waals surface area contributed by atoms with Crippen LogP contribution in [0.3, 0.4) is 0 Å². The maximum Gasteiger partial charge on any atom is 0.412 e.